The number of carbonyl (C=O) groups excluding carboxylic acids is 2. The third kappa shape index (κ3) is 5.06. The quantitative estimate of drug-likeness (QED) is 0.788. The summed E-state index contributed by atoms with van der Waals surface area (Å²) in [7, 11) is 0. The first-order valence-corrected chi connectivity index (χ1v) is 11.9. The highest BCUT2D eigenvalue weighted by Gasteiger charge is 2.31. The van der Waals surface area contributed by atoms with Crippen LogP contribution in [0.25, 0.3) is 0 Å². The molecule has 0 saturated carbocycles. The molecule has 0 spiro atoms. The molecule has 7 nitrogen and oxygen atoms in total. The number of nitrogens with one attached hydrogen (secondary N) is 1. The van der Waals surface area contributed by atoms with Gasteiger partial charge in [-0.1, -0.05) is 20.8 Å². The van der Waals surface area contributed by atoms with Crippen molar-refractivity contribution in [1.82, 2.24) is 20.4 Å². The second-order valence-corrected chi connectivity index (χ2v) is 10.6. The maximum atomic E-state index is 12.8. The zero-order valence-electron chi connectivity index (χ0n) is 18.5. The summed E-state index contributed by atoms with van der Waals surface area (Å²) in [6, 6.07) is 7.98. The number of rotatable bonds is 4. The highest BCUT2D eigenvalue weighted by atomic mass is 32.1. The van der Waals surface area contributed by atoms with E-state index in [1.165, 1.54) is 4.88 Å². The van der Waals surface area contributed by atoms with Gasteiger partial charge < -0.3 is 15.1 Å². The van der Waals surface area contributed by atoms with E-state index >= 15 is 0 Å². The summed E-state index contributed by atoms with van der Waals surface area (Å²) in [5.41, 5.74) is -0.329. The molecule has 4 heterocycles. The Labute approximate surface area is 187 Å². The predicted molar refractivity (Wildman–Crippen MR) is 122 cm³/mol. The van der Waals surface area contributed by atoms with E-state index in [1.807, 2.05) is 43.9 Å². The summed E-state index contributed by atoms with van der Waals surface area (Å²) in [4.78, 5) is 31.5. The number of hydrogen-bond donors (Lipinski definition) is 1. The second kappa shape index (κ2) is 8.94. The number of amides is 2. The number of aromatic nitrogens is 2. The minimum Gasteiger partial charge on any atom is -0.353 e. The maximum absolute atomic E-state index is 12.8. The van der Waals surface area contributed by atoms with Crippen LogP contribution in [-0.2, 0) is 4.79 Å². The molecule has 4 rings (SSSR count). The molecular weight excluding hydrogens is 410 g/mol. The number of piperidine rings is 1. The highest BCUT2D eigenvalue weighted by molar-refractivity contribution is 7.14. The first-order chi connectivity index (χ1) is 14.8. The van der Waals surface area contributed by atoms with Gasteiger partial charge in [-0.05, 0) is 49.4 Å². The Bertz CT molecular complexity index is 916. The van der Waals surface area contributed by atoms with Crippen LogP contribution in [0.3, 0.4) is 0 Å². The normalized spacial score (nSPS) is 20.2. The first kappa shape index (κ1) is 21.7. The van der Waals surface area contributed by atoms with Gasteiger partial charge in [0.1, 0.15) is 0 Å². The molecule has 2 aliphatic rings. The largest absolute Gasteiger partial charge is 0.353 e. The lowest BCUT2D eigenvalue weighted by atomic mass is 9.90. The summed E-state index contributed by atoms with van der Waals surface area (Å²) < 4.78 is 0. The molecule has 166 valence electrons. The van der Waals surface area contributed by atoms with Crippen molar-refractivity contribution in [2.75, 3.05) is 31.1 Å². The van der Waals surface area contributed by atoms with E-state index in [9.17, 15) is 9.59 Å². The van der Waals surface area contributed by atoms with Crippen LogP contribution in [0.15, 0.2) is 30.5 Å². The number of thiophene rings is 1. The Morgan fingerprint density at radius 1 is 1.10 bits per heavy atom. The van der Waals surface area contributed by atoms with Gasteiger partial charge in [0.25, 0.3) is 5.91 Å². The third-order valence-corrected chi connectivity index (χ3v) is 7.33. The van der Waals surface area contributed by atoms with E-state index in [0.29, 0.717) is 5.92 Å². The van der Waals surface area contributed by atoms with Crippen LogP contribution in [0.1, 0.15) is 60.5 Å². The summed E-state index contributed by atoms with van der Waals surface area (Å²) in [6.45, 7) is 9.13. The minimum absolute atomic E-state index is 0.00240. The Morgan fingerprint density at radius 3 is 2.55 bits per heavy atom. The average molecular weight is 442 g/mol. The number of anilines is 1. The standard InChI is InChI=1S/C23H31N5O2S/c1-23(2,3)22(30)27-12-8-16(9-13-27)18-6-7-19(31-18)21(29)25-17-10-14-28(15-17)20-5-4-11-24-26-20/h4-7,11,16-17H,8-10,12-15H2,1-3H3,(H,25,29). The smallest absolute Gasteiger partial charge is 0.261 e. The number of carbonyl (C=O) groups is 2. The SMILES string of the molecule is CC(C)(C)C(=O)N1CCC(c2ccc(C(=O)NC3CCN(c4cccnn4)C3)s2)CC1. The van der Waals surface area contributed by atoms with Crippen molar-refractivity contribution in [3.63, 3.8) is 0 Å². The molecule has 8 heteroatoms. The van der Waals surface area contributed by atoms with Crippen molar-refractivity contribution in [2.24, 2.45) is 5.41 Å². The summed E-state index contributed by atoms with van der Waals surface area (Å²) in [5.74, 6) is 1.51. The van der Waals surface area contributed by atoms with E-state index in [2.05, 4.69) is 26.5 Å². The van der Waals surface area contributed by atoms with Gasteiger partial charge in [0.15, 0.2) is 5.82 Å². The van der Waals surface area contributed by atoms with E-state index in [4.69, 9.17) is 0 Å². The molecule has 0 bridgehead atoms. The van der Waals surface area contributed by atoms with Crippen molar-refractivity contribution in [3.05, 3.63) is 40.2 Å². The van der Waals surface area contributed by atoms with E-state index in [-0.39, 0.29) is 23.3 Å². The van der Waals surface area contributed by atoms with Crippen LogP contribution in [0.2, 0.25) is 0 Å². The van der Waals surface area contributed by atoms with Crippen molar-refractivity contribution < 1.29 is 9.59 Å². The first-order valence-electron chi connectivity index (χ1n) is 11.0. The van der Waals surface area contributed by atoms with Crippen molar-refractivity contribution in [2.45, 2.75) is 52.0 Å². The molecule has 2 aromatic heterocycles. The van der Waals surface area contributed by atoms with Crippen LogP contribution < -0.4 is 10.2 Å². The number of nitrogens with zero attached hydrogens (tertiary/aromatic N) is 4. The lowest BCUT2D eigenvalue weighted by Crippen LogP contribution is -2.43. The maximum Gasteiger partial charge on any atom is 0.261 e. The van der Waals surface area contributed by atoms with Crippen LogP contribution >= 0.6 is 11.3 Å². The Balaban J connectivity index is 1.29. The van der Waals surface area contributed by atoms with Crippen molar-refractivity contribution in [1.29, 1.82) is 0 Å². The van der Waals surface area contributed by atoms with Gasteiger partial charge in [-0.25, -0.2) is 0 Å². The third-order valence-electron chi connectivity index (χ3n) is 6.08. The Hall–Kier alpha value is -2.48. The second-order valence-electron chi connectivity index (χ2n) is 9.51. The summed E-state index contributed by atoms with van der Waals surface area (Å²) in [6.07, 6.45) is 4.48. The van der Waals surface area contributed by atoms with Gasteiger partial charge in [-0.15, -0.1) is 16.4 Å². The molecule has 0 aromatic carbocycles. The summed E-state index contributed by atoms with van der Waals surface area (Å²) >= 11 is 1.59. The Kier molecular flexibility index (Phi) is 6.27. The van der Waals surface area contributed by atoms with Crippen molar-refractivity contribution in [3.8, 4) is 0 Å². The molecule has 0 aliphatic carbocycles. The van der Waals surface area contributed by atoms with E-state index < -0.39 is 0 Å². The number of likely N-dealkylation sites (tertiary alicyclic amines) is 1. The Morgan fingerprint density at radius 2 is 1.87 bits per heavy atom. The van der Waals surface area contributed by atoms with Gasteiger partial charge in [-0.3, -0.25) is 9.59 Å². The molecule has 2 aromatic rings. The van der Waals surface area contributed by atoms with Crippen LogP contribution in [0, 0.1) is 5.41 Å². The molecular formula is C23H31N5O2S. The molecule has 31 heavy (non-hydrogen) atoms. The fourth-order valence-corrected chi connectivity index (χ4v) is 5.42. The molecule has 2 fully saturated rings. The molecule has 1 N–H and O–H groups in total. The monoisotopic (exact) mass is 441 g/mol. The van der Waals surface area contributed by atoms with Crippen molar-refractivity contribution >= 4 is 29.0 Å². The van der Waals surface area contributed by atoms with E-state index in [0.717, 1.165) is 56.1 Å². The topological polar surface area (TPSA) is 78.4 Å². The van der Waals surface area contributed by atoms with Gasteiger partial charge in [-0.2, -0.15) is 5.10 Å². The zero-order chi connectivity index (χ0) is 22.0. The average Bonchev–Trinajstić information content (AvgIpc) is 3.43. The van der Waals surface area contributed by atoms with Crippen LogP contribution in [0.4, 0.5) is 5.82 Å². The lowest BCUT2D eigenvalue weighted by Gasteiger charge is -2.35. The molecule has 1 atom stereocenters. The van der Waals surface area contributed by atoms with Gasteiger partial charge in [0.05, 0.1) is 4.88 Å². The number of hydrogen-bond acceptors (Lipinski definition) is 6. The molecule has 2 saturated heterocycles. The molecule has 0 radical (unpaired) electrons. The highest BCUT2D eigenvalue weighted by Crippen LogP contribution is 2.34. The summed E-state index contributed by atoms with van der Waals surface area (Å²) in [5, 5.41) is 11.3. The van der Waals surface area contributed by atoms with Gasteiger partial charge in [0, 0.05) is 48.7 Å². The van der Waals surface area contributed by atoms with Crippen LogP contribution in [-0.4, -0.2) is 59.1 Å². The molecule has 2 amide bonds. The van der Waals surface area contributed by atoms with E-state index in [1.54, 1.807) is 17.5 Å². The van der Waals surface area contributed by atoms with Crippen LogP contribution in [0.5, 0.6) is 0 Å². The lowest BCUT2D eigenvalue weighted by molar-refractivity contribution is -0.140. The minimum atomic E-state index is -0.329. The van der Waals surface area contributed by atoms with Gasteiger partial charge in [0.2, 0.25) is 5.91 Å². The zero-order valence-corrected chi connectivity index (χ0v) is 19.3. The predicted octanol–water partition coefficient (Wildman–Crippen LogP) is 3.30. The molecule has 1 unspecified atom stereocenters. The fraction of sp³-hybridized carbons (Fsp3) is 0.565. The van der Waals surface area contributed by atoms with Gasteiger partial charge >= 0.3 is 0 Å². The molecule has 2 aliphatic heterocycles. The fourth-order valence-electron chi connectivity index (χ4n) is 4.34.